The molecule has 0 aliphatic carbocycles. The minimum Gasteiger partial charge on any atom is -0.495 e. The van der Waals surface area contributed by atoms with Crippen molar-refractivity contribution in [1.82, 2.24) is 35.0 Å². The van der Waals surface area contributed by atoms with Crippen LogP contribution in [0.3, 0.4) is 0 Å². The van der Waals surface area contributed by atoms with E-state index in [1.54, 1.807) is 50.1 Å². The molecule has 5 heterocycles. The highest BCUT2D eigenvalue weighted by Gasteiger charge is 2.64. The van der Waals surface area contributed by atoms with Crippen molar-refractivity contribution in [1.29, 1.82) is 0 Å². The molecule has 2 aromatic carbocycles. The van der Waals surface area contributed by atoms with E-state index in [4.69, 9.17) is 54.6 Å². The lowest BCUT2D eigenvalue weighted by Crippen LogP contribution is -2.63. The van der Waals surface area contributed by atoms with Crippen LogP contribution in [0, 0.1) is 5.92 Å². The number of aromatic nitrogens is 1. The number of piperidine rings is 1. The third-order valence-corrected chi connectivity index (χ3v) is 17.8. The van der Waals surface area contributed by atoms with Gasteiger partial charge in [0.15, 0.2) is 5.72 Å². The Morgan fingerprint density at radius 1 is 0.966 bits per heavy atom. The number of likely N-dealkylation sites (tertiary alicyclic amines) is 1. The monoisotopic (exact) mass is 1250 g/mol. The van der Waals surface area contributed by atoms with Gasteiger partial charge in [0.05, 0.1) is 58.3 Å². The van der Waals surface area contributed by atoms with Crippen molar-refractivity contribution in [3.63, 3.8) is 0 Å². The second-order valence-corrected chi connectivity index (χ2v) is 23.8. The maximum Gasteiger partial charge on any atom is 0.409 e. The van der Waals surface area contributed by atoms with Crippen LogP contribution in [0.4, 0.5) is 10.5 Å². The summed E-state index contributed by atoms with van der Waals surface area (Å²) in [6.45, 7) is 10.3. The fraction of sp³-hybridized carbons (Fsp3) is 0.619. The normalized spacial score (nSPS) is 24.8. The number of hydrogen-bond acceptors (Lipinski definition) is 18. The standard InChI is InChI=1S/C63H91ClN8O16/c1-41-15-13-18-52(82-10)63(80)38-51(86-61(79)66-63)42(2)59-62(4,88-59)53(37-57(77)69(8)49-34-44(33-41)35-50(81-9)58(49)64)87-60(78)43(3)68(7)54(74)19-20-56(76)72(27-30-84-32-31-83-28-14-29-85-40-73)46-21-24-70(25-22-46)55(75)23-26-71-47(39-67(6)65-5)36-45-16-11-12-17-48(45)71/h11-13,15-18,34-36,42-43,46,51-53,59,65,73,80H,14,19-33,37-40H2,1-10H3,(H,66,79)/b18-13+,41-15+/t42-,43+,51+,52-,53+,59?,62+,63+/m1/s1. The number of aryl methyl sites for hydroxylation is 1. The Hall–Kier alpha value is -6.19. The number of nitrogens with zero attached hydrogens (tertiary/aromatic N) is 6. The van der Waals surface area contributed by atoms with Crippen LogP contribution in [-0.4, -0.2) is 220 Å². The van der Waals surface area contributed by atoms with Crippen molar-refractivity contribution in [3.8, 4) is 5.75 Å². The molecule has 88 heavy (non-hydrogen) atoms. The number of carbonyl (C=O) groups is 6. The number of carbonyl (C=O) groups excluding carboxylic acids is 6. The van der Waals surface area contributed by atoms with Crippen LogP contribution in [0.25, 0.3) is 10.9 Å². The third-order valence-electron chi connectivity index (χ3n) is 17.4. The van der Waals surface area contributed by atoms with Gasteiger partial charge in [-0.05, 0) is 88.7 Å². The van der Waals surface area contributed by atoms with Crippen LogP contribution in [-0.2, 0) is 76.6 Å². The number of esters is 1. The predicted molar refractivity (Wildman–Crippen MR) is 328 cm³/mol. The Morgan fingerprint density at radius 3 is 2.38 bits per heavy atom. The summed E-state index contributed by atoms with van der Waals surface area (Å²) in [5.41, 5.74) is 4.05. The lowest BCUT2D eigenvalue weighted by atomic mass is 9.83. The number of fused-ring (bicyclic) bond motifs is 6. The smallest absolute Gasteiger partial charge is 0.409 e. The van der Waals surface area contributed by atoms with Gasteiger partial charge in [0.25, 0.3) is 0 Å². The highest BCUT2D eigenvalue weighted by Crippen LogP contribution is 2.49. The summed E-state index contributed by atoms with van der Waals surface area (Å²) in [6.07, 6.45) is 1.77. The van der Waals surface area contributed by atoms with E-state index >= 15 is 0 Å². The van der Waals surface area contributed by atoms with E-state index in [0.717, 1.165) is 27.7 Å². The van der Waals surface area contributed by atoms with Gasteiger partial charge in [-0.1, -0.05) is 60.5 Å². The van der Waals surface area contributed by atoms with Crippen molar-refractivity contribution in [3.05, 3.63) is 82.5 Å². The molecular weight excluding hydrogens is 1160 g/mol. The number of hydrogen-bond donors (Lipinski definition) is 4. The molecular formula is C63H91ClN8O16. The fourth-order valence-corrected chi connectivity index (χ4v) is 12.2. The molecule has 24 nitrogen and oxygen atoms in total. The minimum atomic E-state index is -1.90. The predicted octanol–water partition coefficient (Wildman–Crippen LogP) is 5.12. The largest absolute Gasteiger partial charge is 0.495 e. The van der Waals surface area contributed by atoms with E-state index in [2.05, 4.69) is 33.5 Å². The summed E-state index contributed by atoms with van der Waals surface area (Å²) in [6, 6.07) is 12.4. The molecule has 4 bridgehead atoms. The number of benzene rings is 2. The quantitative estimate of drug-likeness (QED) is 0.0267. The van der Waals surface area contributed by atoms with Crippen molar-refractivity contribution in [2.45, 2.75) is 146 Å². The Kier molecular flexibility index (Phi) is 25.2. The number of aliphatic hydroxyl groups excluding tert-OH is 1. The summed E-state index contributed by atoms with van der Waals surface area (Å²) < 4.78 is 48.4. The first-order valence-electron chi connectivity index (χ1n) is 30.3. The summed E-state index contributed by atoms with van der Waals surface area (Å²) >= 11 is 6.88. The van der Waals surface area contributed by atoms with E-state index in [9.17, 15) is 33.9 Å². The van der Waals surface area contributed by atoms with E-state index in [1.807, 2.05) is 49.1 Å². The van der Waals surface area contributed by atoms with Crippen LogP contribution in [0.1, 0.15) is 90.3 Å². The molecule has 25 heteroatoms. The first-order chi connectivity index (χ1) is 42.0. The Balaban J connectivity index is 1.02. The van der Waals surface area contributed by atoms with Crippen LogP contribution in [0.5, 0.6) is 5.75 Å². The lowest BCUT2D eigenvalue weighted by Gasteiger charge is -2.42. The Morgan fingerprint density at radius 2 is 1.67 bits per heavy atom. The van der Waals surface area contributed by atoms with E-state index in [1.165, 1.54) is 38.0 Å². The first kappa shape index (κ1) is 69.3. The number of aliphatic hydroxyl groups is 2. The molecule has 0 saturated carbocycles. The topological polar surface area (TPSA) is 265 Å². The maximum absolute atomic E-state index is 14.6. The first-order valence-corrected chi connectivity index (χ1v) is 30.7. The number of methoxy groups -OCH3 is 2. The molecule has 8 atom stereocenters. The third kappa shape index (κ3) is 17.6. The lowest BCUT2D eigenvalue weighted by molar-refractivity contribution is -0.162. The van der Waals surface area contributed by atoms with Gasteiger partial charge in [-0.2, -0.15) is 0 Å². The van der Waals surface area contributed by atoms with Crippen molar-refractivity contribution < 1.29 is 76.9 Å². The second kappa shape index (κ2) is 32.0. The van der Waals surface area contributed by atoms with E-state index in [-0.39, 0.29) is 68.7 Å². The maximum atomic E-state index is 14.6. The SMILES string of the molecule is CNN(C)Cc1cc2ccccc2n1CCC(=O)N1CCC(N(CCOCCOCCCOCO)C(=O)CCC(=O)N(C)[C@@H](C)C(=O)O[C@H]2CC(=O)N(C)c3cc(cc(OC)c3Cl)C/C(C)=C/C=C/[C@@H](OC)[C@@]3(O)C[C@H](OC(=O)N3)[C@@H](C)C3O[C@]32C)CC1. The number of hydrazine groups is 1. The highest BCUT2D eigenvalue weighted by molar-refractivity contribution is 6.35. The average molecular weight is 1250 g/mol. The molecule has 3 fully saturated rings. The van der Waals surface area contributed by atoms with Gasteiger partial charge < -0.3 is 72.3 Å². The van der Waals surface area contributed by atoms with Gasteiger partial charge in [-0.25, -0.2) is 14.6 Å². The zero-order valence-electron chi connectivity index (χ0n) is 52.6. The molecule has 0 spiro atoms. The number of likely N-dealkylation sites (N-methyl/N-ethyl adjacent to an activating group) is 1. The molecule has 1 unspecified atom stereocenters. The molecule has 3 aromatic rings. The molecule has 5 amide bonds. The second-order valence-electron chi connectivity index (χ2n) is 23.4. The summed E-state index contributed by atoms with van der Waals surface area (Å²) in [5.74, 6) is -2.42. The molecule has 0 radical (unpaired) electrons. The van der Waals surface area contributed by atoms with E-state index in [0.29, 0.717) is 89.5 Å². The number of anilines is 1. The number of allylic oxidation sites excluding steroid dienone is 3. The zero-order valence-corrected chi connectivity index (χ0v) is 53.4. The van der Waals surface area contributed by atoms with Crippen molar-refractivity contribution in [2.24, 2.45) is 5.92 Å². The van der Waals surface area contributed by atoms with Gasteiger partial charge in [0.2, 0.25) is 23.6 Å². The van der Waals surface area contributed by atoms with E-state index < -0.39 is 78.0 Å². The number of rotatable bonds is 26. The van der Waals surface area contributed by atoms with Crippen LogP contribution in [0.2, 0.25) is 5.02 Å². The summed E-state index contributed by atoms with van der Waals surface area (Å²) in [4.78, 5) is 90.6. The van der Waals surface area contributed by atoms with Gasteiger partial charge in [0, 0.05) is 110 Å². The summed E-state index contributed by atoms with van der Waals surface area (Å²) in [7, 11) is 9.71. The van der Waals surface area contributed by atoms with Gasteiger partial charge in [-0.3, -0.25) is 29.9 Å². The van der Waals surface area contributed by atoms with Gasteiger partial charge in [-0.15, -0.1) is 0 Å². The summed E-state index contributed by atoms with van der Waals surface area (Å²) in [5, 5.41) is 26.6. The molecule has 7 rings (SSSR count). The Labute approximate surface area is 521 Å². The molecule has 4 aliphatic heterocycles. The number of halogens is 1. The molecule has 486 valence electrons. The van der Waals surface area contributed by atoms with Crippen LogP contribution in [0.15, 0.2) is 66.3 Å². The number of amides is 5. The molecule has 1 aromatic heterocycles. The fourth-order valence-electron chi connectivity index (χ4n) is 11.9. The van der Waals surface area contributed by atoms with Gasteiger partial charge in [0.1, 0.15) is 47.5 Å². The number of epoxide rings is 1. The molecule has 3 saturated heterocycles. The van der Waals surface area contributed by atoms with Crippen molar-refractivity contribution >= 4 is 63.9 Å². The number of para-hydroxylation sites is 1. The molecule has 4 N–H and O–H groups in total. The minimum absolute atomic E-state index is 0.0200. The van der Waals surface area contributed by atoms with Crippen LogP contribution >= 0.6 is 11.6 Å². The Bertz CT molecular complexity index is 2950. The van der Waals surface area contributed by atoms with Crippen molar-refractivity contribution in [2.75, 3.05) is 107 Å². The molecule has 4 aliphatic rings. The highest BCUT2D eigenvalue weighted by atomic mass is 35.5. The van der Waals surface area contributed by atoms with Gasteiger partial charge >= 0.3 is 12.1 Å². The average Bonchev–Trinajstić information content (AvgIpc) is 2.34. The van der Waals surface area contributed by atoms with Crippen LogP contribution < -0.4 is 20.4 Å². The number of nitrogens with one attached hydrogen (secondary N) is 2. The number of ether oxygens (including phenoxy) is 8. The number of alkyl carbamates (subject to hydrolysis) is 1. The zero-order chi connectivity index (χ0) is 63.9.